The van der Waals surface area contributed by atoms with Crippen molar-refractivity contribution in [3.05, 3.63) is 77.9 Å². The molecular formula is C23H14F2O5S. The van der Waals surface area contributed by atoms with Gasteiger partial charge in [-0.1, -0.05) is 12.1 Å². The third-order valence-corrected chi connectivity index (χ3v) is 5.68. The molecule has 0 aliphatic heterocycles. The quantitative estimate of drug-likeness (QED) is 0.324. The molecule has 0 unspecified atom stereocenters. The van der Waals surface area contributed by atoms with E-state index in [2.05, 4.69) is 0 Å². The van der Waals surface area contributed by atoms with Crippen molar-refractivity contribution in [1.82, 2.24) is 0 Å². The van der Waals surface area contributed by atoms with Gasteiger partial charge in [0, 0.05) is 11.5 Å². The van der Waals surface area contributed by atoms with E-state index in [9.17, 15) is 23.8 Å². The molecular weight excluding hydrogens is 426 g/mol. The first-order valence-corrected chi connectivity index (χ1v) is 9.77. The number of rotatable bonds is 5. The average molecular weight is 440 g/mol. The van der Waals surface area contributed by atoms with Gasteiger partial charge in [-0.2, -0.15) is 0 Å². The highest BCUT2D eigenvalue weighted by molar-refractivity contribution is 7.22. The Bertz CT molecular complexity index is 1310. The molecule has 0 aliphatic rings. The number of ether oxygens (including phenoxy) is 1. The maximum atomic E-state index is 14.5. The monoisotopic (exact) mass is 440 g/mol. The number of benzene rings is 3. The summed E-state index contributed by atoms with van der Waals surface area (Å²) in [6.45, 7) is 0. The molecule has 31 heavy (non-hydrogen) atoms. The maximum absolute atomic E-state index is 14.5. The van der Waals surface area contributed by atoms with Crippen molar-refractivity contribution in [3.8, 4) is 33.4 Å². The van der Waals surface area contributed by atoms with Gasteiger partial charge in [-0.15, -0.1) is 11.3 Å². The summed E-state index contributed by atoms with van der Waals surface area (Å²) >= 11 is 0.981. The van der Waals surface area contributed by atoms with Gasteiger partial charge in [0.15, 0.2) is 23.1 Å². The summed E-state index contributed by atoms with van der Waals surface area (Å²) in [6.07, 6.45) is 2.42. The standard InChI is InChI=1S/C23H14F2O5S/c24-17-11-16-21(30-15-8-1-12(2-9-15)3-10-18(27)28)22(13-4-6-14(26)7-5-13)31-23(16)19(25)20(17)29/h1-11,26,29H,(H,27,28). The summed E-state index contributed by atoms with van der Waals surface area (Å²) in [7, 11) is 0. The van der Waals surface area contributed by atoms with Crippen molar-refractivity contribution in [2.75, 3.05) is 0 Å². The molecule has 3 aromatic carbocycles. The number of aliphatic carboxylic acids is 1. The van der Waals surface area contributed by atoms with Gasteiger partial charge in [0.05, 0.1) is 9.58 Å². The van der Waals surface area contributed by atoms with Gasteiger partial charge in [0.1, 0.15) is 11.5 Å². The zero-order valence-corrected chi connectivity index (χ0v) is 16.5. The summed E-state index contributed by atoms with van der Waals surface area (Å²) in [5.74, 6) is -3.73. The lowest BCUT2D eigenvalue weighted by Gasteiger charge is -2.09. The predicted molar refractivity (Wildman–Crippen MR) is 114 cm³/mol. The van der Waals surface area contributed by atoms with Gasteiger partial charge >= 0.3 is 5.97 Å². The zero-order valence-electron chi connectivity index (χ0n) is 15.7. The molecule has 4 rings (SSSR count). The van der Waals surface area contributed by atoms with Gasteiger partial charge in [0.25, 0.3) is 0 Å². The van der Waals surface area contributed by atoms with Gasteiger partial charge in [0.2, 0.25) is 0 Å². The van der Waals surface area contributed by atoms with Crippen LogP contribution in [0.15, 0.2) is 60.7 Å². The van der Waals surface area contributed by atoms with Crippen LogP contribution in [-0.2, 0) is 4.79 Å². The van der Waals surface area contributed by atoms with E-state index in [4.69, 9.17) is 9.84 Å². The second kappa shape index (κ2) is 8.08. The Morgan fingerprint density at radius 3 is 2.32 bits per heavy atom. The molecule has 0 saturated heterocycles. The highest BCUT2D eigenvalue weighted by Gasteiger charge is 2.23. The Kier molecular flexibility index (Phi) is 5.31. The molecule has 1 heterocycles. The number of phenols is 2. The number of hydrogen-bond donors (Lipinski definition) is 3. The summed E-state index contributed by atoms with van der Waals surface area (Å²) < 4.78 is 34.6. The van der Waals surface area contributed by atoms with E-state index < -0.39 is 23.4 Å². The van der Waals surface area contributed by atoms with E-state index in [0.717, 1.165) is 23.5 Å². The number of phenolic OH excluding ortho intramolecular Hbond substituents is 2. The SMILES string of the molecule is O=C(O)C=Cc1ccc(Oc2c(-c3ccc(O)cc3)sc3c(F)c(O)c(F)cc23)cc1. The van der Waals surface area contributed by atoms with Crippen LogP contribution >= 0.6 is 11.3 Å². The van der Waals surface area contributed by atoms with Crippen molar-refractivity contribution in [2.24, 2.45) is 0 Å². The lowest BCUT2D eigenvalue weighted by atomic mass is 10.1. The number of fused-ring (bicyclic) bond motifs is 1. The molecule has 1 aromatic heterocycles. The van der Waals surface area contributed by atoms with Gasteiger partial charge < -0.3 is 20.1 Å². The van der Waals surface area contributed by atoms with Crippen LogP contribution in [0.5, 0.6) is 23.0 Å². The minimum atomic E-state index is -1.11. The highest BCUT2D eigenvalue weighted by atomic mass is 32.1. The first-order chi connectivity index (χ1) is 14.8. The van der Waals surface area contributed by atoms with E-state index in [-0.39, 0.29) is 21.6 Å². The zero-order chi connectivity index (χ0) is 22.1. The lowest BCUT2D eigenvalue weighted by molar-refractivity contribution is -0.131. The van der Waals surface area contributed by atoms with Gasteiger partial charge in [-0.05, 0) is 59.7 Å². The first-order valence-electron chi connectivity index (χ1n) is 8.95. The molecule has 0 fully saturated rings. The van der Waals surface area contributed by atoms with Crippen LogP contribution in [0, 0.1) is 11.6 Å². The molecule has 4 aromatic rings. The van der Waals surface area contributed by atoms with Crippen molar-refractivity contribution in [3.63, 3.8) is 0 Å². The van der Waals surface area contributed by atoms with Crippen molar-refractivity contribution in [1.29, 1.82) is 0 Å². The fourth-order valence-electron chi connectivity index (χ4n) is 2.97. The molecule has 0 spiro atoms. The van der Waals surface area contributed by atoms with E-state index in [1.807, 2.05) is 0 Å². The van der Waals surface area contributed by atoms with Gasteiger partial charge in [-0.3, -0.25) is 0 Å². The van der Waals surface area contributed by atoms with Crippen LogP contribution in [0.25, 0.3) is 26.6 Å². The molecule has 5 nitrogen and oxygen atoms in total. The van der Waals surface area contributed by atoms with Crippen molar-refractivity contribution < 1.29 is 33.6 Å². The van der Waals surface area contributed by atoms with E-state index >= 15 is 0 Å². The Labute approximate surface area is 178 Å². The normalized spacial score (nSPS) is 11.3. The fraction of sp³-hybridized carbons (Fsp3) is 0. The lowest BCUT2D eigenvalue weighted by Crippen LogP contribution is -1.88. The fourth-order valence-corrected chi connectivity index (χ4v) is 4.12. The number of carboxylic acids is 1. The van der Waals surface area contributed by atoms with E-state index in [0.29, 0.717) is 21.8 Å². The molecule has 0 amide bonds. The highest BCUT2D eigenvalue weighted by Crippen LogP contribution is 2.49. The maximum Gasteiger partial charge on any atom is 0.328 e. The van der Waals surface area contributed by atoms with Crippen molar-refractivity contribution in [2.45, 2.75) is 0 Å². The summed E-state index contributed by atoms with van der Waals surface area (Å²) in [6, 6.07) is 13.6. The number of carbonyl (C=O) groups is 1. The largest absolute Gasteiger partial charge is 0.508 e. The molecule has 8 heteroatoms. The topological polar surface area (TPSA) is 87.0 Å². The van der Waals surface area contributed by atoms with Gasteiger partial charge in [-0.25, -0.2) is 13.6 Å². The molecule has 0 saturated carbocycles. The van der Waals surface area contributed by atoms with Crippen molar-refractivity contribution >= 4 is 33.5 Å². The minimum absolute atomic E-state index is 0.0259. The Balaban J connectivity index is 1.82. The second-order valence-electron chi connectivity index (χ2n) is 6.55. The summed E-state index contributed by atoms with van der Waals surface area (Å²) in [5.41, 5.74) is 1.24. The van der Waals surface area contributed by atoms with Crippen LogP contribution in [-0.4, -0.2) is 21.3 Å². The molecule has 3 N–H and O–H groups in total. The second-order valence-corrected chi connectivity index (χ2v) is 7.57. The predicted octanol–water partition coefficient (Wildman–Crippen LogP) is 6.15. The van der Waals surface area contributed by atoms with Crippen LogP contribution < -0.4 is 4.74 Å². The smallest absolute Gasteiger partial charge is 0.328 e. The molecule has 0 atom stereocenters. The minimum Gasteiger partial charge on any atom is -0.508 e. The van der Waals surface area contributed by atoms with E-state index in [1.165, 1.54) is 18.2 Å². The average Bonchev–Trinajstić information content (AvgIpc) is 3.10. The van der Waals surface area contributed by atoms with E-state index in [1.54, 1.807) is 36.4 Å². The Morgan fingerprint density at radius 2 is 1.68 bits per heavy atom. The van der Waals surface area contributed by atoms with Crippen LogP contribution in [0.4, 0.5) is 8.78 Å². The number of carboxylic acid groups (broad SMARTS) is 1. The third kappa shape index (κ3) is 4.06. The summed E-state index contributed by atoms with van der Waals surface area (Å²) in [5, 5.41) is 28.1. The van der Waals surface area contributed by atoms with Crippen LogP contribution in [0.1, 0.15) is 5.56 Å². The Morgan fingerprint density at radius 1 is 1.00 bits per heavy atom. The first kappa shape index (κ1) is 20.4. The molecule has 0 aliphatic carbocycles. The number of aromatic hydroxyl groups is 2. The molecule has 0 radical (unpaired) electrons. The number of hydrogen-bond acceptors (Lipinski definition) is 5. The van der Waals surface area contributed by atoms with Crippen LogP contribution in [0.2, 0.25) is 0 Å². The third-order valence-electron chi connectivity index (χ3n) is 4.45. The number of halogens is 2. The Hall–Kier alpha value is -3.91. The molecule has 156 valence electrons. The molecule has 0 bridgehead atoms. The number of thiophene rings is 1. The summed E-state index contributed by atoms with van der Waals surface area (Å²) in [4.78, 5) is 11.1. The van der Waals surface area contributed by atoms with Crippen LogP contribution in [0.3, 0.4) is 0 Å².